The Morgan fingerprint density at radius 1 is 1.07 bits per heavy atom. The molecule has 0 radical (unpaired) electrons. The fourth-order valence-corrected chi connectivity index (χ4v) is 7.26. The second-order valence-corrected chi connectivity index (χ2v) is 12.4. The van der Waals surface area contributed by atoms with Gasteiger partial charge in [0.1, 0.15) is 0 Å². The van der Waals surface area contributed by atoms with Crippen LogP contribution in [0.2, 0.25) is 0 Å². The molecule has 3 aromatic carbocycles. The zero-order valence-electron chi connectivity index (χ0n) is 24.2. The summed E-state index contributed by atoms with van der Waals surface area (Å²) in [5.41, 5.74) is 5.25. The van der Waals surface area contributed by atoms with Gasteiger partial charge in [-0.2, -0.15) is 0 Å². The van der Waals surface area contributed by atoms with Crippen LogP contribution in [0.5, 0.6) is 17.4 Å². The number of pyridine rings is 1. The number of ether oxygens (including phenoxy) is 2. The highest BCUT2D eigenvalue weighted by molar-refractivity contribution is 7.89. The molecule has 0 saturated heterocycles. The number of carbonyl (C=O) groups excluding carboxylic acids is 1. The SMILES string of the molecule is CCOc1c(O)c2c(-c3ccc(CS(=O)(=O)NC(=O)C4CCc5ccccc54)cc3C)[nH]c(OCC)c2c2ncccc12. The van der Waals surface area contributed by atoms with Crippen LogP contribution in [-0.4, -0.2) is 42.6 Å². The first-order valence-electron chi connectivity index (χ1n) is 14.3. The molecule has 1 aliphatic rings. The largest absolute Gasteiger partial charge is 0.504 e. The number of amides is 1. The van der Waals surface area contributed by atoms with Crippen LogP contribution in [0.1, 0.15) is 48.4 Å². The van der Waals surface area contributed by atoms with E-state index in [1.165, 1.54) is 0 Å². The quantitative estimate of drug-likeness (QED) is 0.193. The first kappa shape index (κ1) is 28.5. The predicted octanol–water partition coefficient (Wildman–Crippen LogP) is 5.87. The Hall–Kier alpha value is -4.57. The molecule has 3 N–H and O–H groups in total. The molecule has 10 heteroatoms. The number of carbonyl (C=O) groups is 1. The highest BCUT2D eigenvalue weighted by Crippen LogP contribution is 2.49. The minimum atomic E-state index is -3.94. The van der Waals surface area contributed by atoms with E-state index < -0.39 is 21.8 Å². The molecule has 1 unspecified atom stereocenters. The van der Waals surface area contributed by atoms with E-state index >= 15 is 0 Å². The van der Waals surface area contributed by atoms with Gasteiger partial charge in [-0.15, -0.1) is 0 Å². The monoisotopic (exact) mass is 599 g/mol. The normalized spacial score (nSPS) is 14.6. The lowest BCUT2D eigenvalue weighted by molar-refractivity contribution is -0.120. The maximum absolute atomic E-state index is 13.1. The van der Waals surface area contributed by atoms with Crippen LogP contribution in [0, 0.1) is 6.92 Å². The van der Waals surface area contributed by atoms with Crippen molar-refractivity contribution in [2.24, 2.45) is 0 Å². The molecule has 1 aliphatic carbocycles. The van der Waals surface area contributed by atoms with E-state index in [1.54, 1.807) is 30.5 Å². The molecule has 43 heavy (non-hydrogen) atoms. The summed E-state index contributed by atoms with van der Waals surface area (Å²) in [6, 6.07) is 16.6. The Morgan fingerprint density at radius 3 is 2.63 bits per heavy atom. The number of phenols is 1. The van der Waals surface area contributed by atoms with Crippen molar-refractivity contribution in [3.63, 3.8) is 0 Å². The molecule has 1 atom stereocenters. The summed E-state index contributed by atoms with van der Waals surface area (Å²) < 4.78 is 40.2. The van der Waals surface area contributed by atoms with Crippen molar-refractivity contribution in [2.75, 3.05) is 13.2 Å². The fraction of sp³-hybridized carbons (Fsp3) is 0.273. The fourth-order valence-electron chi connectivity index (χ4n) is 6.12. The second kappa shape index (κ2) is 11.3. The van der Waals surface area contributed by atoms with Gasteiger partial charge < -0.3 is 19.6 Å². The molecule has 0 aliphatic heterocycles. The average Bonchev–Trinajstić information content (AvgIpc) is 3.57. The number of sulfonamides is 1. The van der Waals surface area contributed by atoms with Crippen molar-refractivity contribution < 1.29 is 27.8 Å². The number of aryl methyl sites for hydroxylation is 2. The van der Waals surface area contributed by atoms with Crippen molar-refractivity contribution in [3.05, 3.63) is 83.0 Å². The minimum Gasteiger partial charge on any atom is -0.504 e. The third-order valence-corrected chi connectivity index (χ3v) is 9.13. The molecule has 0 bridgehead atoms. The minimum absolute atomic E-state index is 0.0307. The number of aromatic amines is 1. The summed E-state index contributed by atoms with van der Waals surface area (Å²) in [4.78, 5) is 20.9. The third-order valence-electron chi connectivity index (χ3n) is 7.91. The second-order valence-electron chi connectivity index (χ2n) is 10.7. The van der Waals surface area contributed by atoms with Crippen LogP contribution in [0.15, 0.2) is 60.8 Å². The van der Waals surface area contributed by atoms with E-state index in [9.17, 15) is 18.3 Å². The van der Waals surface area contributed by atoms with E-state index in [0.29, 0.717) is 64.2 Å². The lowest BCUT2D eigenvalue weighted by atomic mass is 9.98. The molecule has 2 heterocycles. The van der Waals surface area contributed by atoms with Gasteiger partial charge in [-0.1, -0.05) is 42.5 Å². The standard InChI is InChI=1S/C33H33N3O6S/c1-4-41-31-25-11-8-16-34-28(25)27-26(30(31)37)29(35-33(27)42-5-2)22-14-12-20(17-19(22)3)18-43(39,40)36-32(38)24-15-13-21-9-6-7-10-23(21)24/h6-12,14,16-17,24,35,37H,4-5,13,15,18H2,1-3H3,(H,36,38). The highest BCUT2D eigenvalue weighted by atomic mass is 32.2. The van der Waals surface area contributed by atoms with E-state index in [4.69, 9.17) is 9.47 Å². The van der Waals surface area contributed by atoms with E-state index in [0.717, 1.165) is 28.7 Å². The smallest absolute Gasteiger partial charge is 0.240 e. The Kier molecular flexibility index (Phi) is 7.47. The van der Waals surface area contributed by atoms with Crippen molar-refractivity contribution in [2.45, 2.75) is 45.3 Å². The number of fused-ring (bicyclic) bond motifs is 4. The van der Waals surface area contributed by atoms with Crippen molar-refractivity contribution >= 4 is 37.6 Å². The number of phenolic OH excluding ortho intramolecular Hbond substituents is 1. The van der Waals surface area contributed by atoms with Gasteiger partial charge in [-0.05, 0) is 68.0 Å². The van der Waals surface area contributed by atoms with Gasteiger partial charge in [0, 0.05) is 17.1 Å². The van der Waals surface area contributed by atoms with Gasteiger partial charge in [0.05, 0.1) is 46.9 Å². The van der Waals surface area contributed by atoms with Crippen LogP contribution in [0.3, 0.4) is 0 Å². The maximum Gasteiger partial charge on any atom is 0.240 e. The van der Waals surface area contributed by atoms with Gasteiger partial charge in [-0.3, -0.25) is 14.5 Å². The van der Waals surface area contributed by atoms with Crippen LogP contribution in [0.4, 0.5) is 0 Å². The Morgan fingerprint density at radius 2 is 1.86 bits per heavy atom. The summed E-state index contributed by atoms with van der Waals surface area (Å²) in [6.07, 6.45) is 3.02. The molecule has 0 spiro atoms. The molecular weight excluding hydrogens is 566 g/mol. The number of H-pyrrole nitrogens is 1. The number of aromatic nitrogens is 2. The summed E-state index contributed by atoms with van der Waals surface area (Å²) in [6.45, 7) is 6.34. The van der Waals surface area contributed by atoms with Crippen LogP contribution in [-0.2, 0) is 27.0 Å². The van der Waals surface area contributed by atoms with E-state index in [1.807, 2.05) is 51.1 Å². The lowest BCUT2D eigenvalue weighted by Crippen LogP contribution is -2.34. The molecule has 6 rings (SSSR count). The van der Waals surface area contributed by atoms with Crippen molar-refractivity contribution in [3.8, 4) is 28.6 Å². The summed E-state index contributed by atoms with van der Waals surface area (Å²) >= 11 is 0. The van der Waals surface area contributed by atoms with Crippen LogP contribution >= 0.6 is 0 Å². The molecule has 1 amide bonds. The topological polar surface area (TPSA) is 131 Å². The zero-order chi connectivity index (χ0) is 30.3. The number of aromatic hydroxyl groups is 1. The third kappa shape index (κ3) is 5.16. The maximum atomic E-state index is 13.1. The molecule has 2 aromatic heterocycles. The lowest BCUT2D eigenvalue weighted by Gasteiger charge is -2.14. The average molecular weight is 600 g/mol. The van der Waals surface area contributed by atoms with Crippen molar-refractivity contribution in [1.29, 1.82) is 0 Å². The van der Waals surface area contributed by atoms with Crippen molar-refractivity contribution in [1.82, 2.24) is 14.7 Å². The van der Waals surface area contributed by atoms with Gasteiger partial charge >= 0.3 is 0 Å². The van der Waals surface area contributed by atoms with E-state index in [-0.39, 0.29) is 11.5 Å². The number of nitrogens with one attached hydrogen (secondary N) is 2. The van der Waals surface area contributed by atoms with Gasteiger partial charge in [0.15, 0.2) is 11.5 Å². The molecule has 0 saturated carbocycles. The number of hydrogen-bond donors (Lipinski definition) is 3. The molecule has 222 valence electrons. The number of rotatable bonds is 9. The van der Waals surface area contributed by atoms with Gasteiger partial charge in [-0.25, -0.2) is 8.42 Å². The first-order chi connectivity index (χ1) is 20.7. The number of hydrogen-bond acceptors (Lipinski definition) is 7. The molecule has 0 fully saturated rings. The predicted molar refractivity (Wildman–Crippen MR) is 166 cm³/mol. The molecular formula is C33H33N3O6S. The highest BCUT2D eigenvalue weighted by Gasteiger charge is 2.31. The first-order valence-corrected chi connectivity index (χ1v) is 16.0. The number of nitrogens with zero attached hydrogens (tertiary/aromatic N) is 1. The van der Waals surface area contributed by atoms with Gasteiger partial charge in [0.2, 0.25) is 21.8 Å². The Labute approximate surface area is 249 Å². The van der Waals surface area contributed by atoms with Crippen LogP contribution in [0.25, 0.3) is 32.9 Å². The number of benzene rings is 3. The summed E-state index contributed by atoms with van der Waals surface area (Å²) in [5, 5.41) is 13.3. The molecule has 5 aromatic rings. The molecule has 9 nitrogen and oxygen atoms in total. The van der Waals surface area contributed by atoms with Crippen LogP contribution < -0.4 is 14.2 Å². The Balaban J connectivity index is 1.34. The summed E-state index contributed by atoms with van der Waals surface area (Å²) in [5.74, 6) is -0.550. The van der Waals surface area contributed by atoms with E-state index in [2.05, 4.69) is 14.7 Å². The summed E-state index contributed by atoms with van der Waals surface area (Å²) in [7, 11) is -3.94. The Bertz CT molecular complexity index is 1980. The van der Waals surface area contributed by atoms with Gasteiger partial charge in [0.25, 0.3) is 0 Å². The zero-order valence-corrected chi connectivity index (χ0v) is 25.0.